The molecule has 1 aliphatic rings. The molecule has 210 valence electrons. The van der Waals surface area contributed by atoms with Crippen molar-refractivity contribution >= 4 is 45.7 Å². The summed E-state index contributed by atoms with van der Waals surface area (Å²) >= 11 is 0. The van der Waals surface area contributed by atoms with Crippen molar-refractivity contribution in [2.45, 2.75) is 25.7 Å². The highest BCUT2D eigenvalue weighted by Crippen LogP contribution is 2.30. The first kappa shape index (κ1) is 27.0. The van der Waals surface area contributed by atoms with Gasteiger partial charge in [0, 0.05) is 29.7 Å². The molecule has 1 aliphatic heterocycles. The average molecular weight is 559 g/mol. The zero-order valence-corrected chi connectivity index (χ0v) is 23.0. The zero-order valence-electron chi connectivity index (χ0n) is 23.0. The van der Waals surface area contributed by atoms with E-state index < -0.39 is 16.8 Å². The zero-order chi connectivity index (χ0) is 29.1. The molecule has 8 heteroatoms. The maximum atomic E-state index is 12.4. The minimum absolute atomic E-state index is 0.0603. The van der Waals surface area contributed by atoms with Gasteiger partial charge in [-0.1, -0.05) is 79.6 Å². The number of hydrogen-bond acceptors (Lipinski definition) is 7. The molecule has 1 fully saturated rings. The van der Waals surface area contributed by atoms with Gasteiger partial charge in [0.15, 0.2) is 0 Å². The first-order valence-corrected chi connectivity index (χ1v) is 14.1. The van der Waals surface area contributed by atoms with E-state index >= 15 is 0 Å². The predicted molar refractivity (Wildman–Crippen MR) is 168 cm³/mol. The van der Waals surface area contributed by atoms with Crippen LogP contribution in [-0.4, -0.2) is 29.1 Å². The van der Waals surface area contributed by atoms with Crippen molar-refractivity contribution in [2.75, 3.05) is 28.6 Å². The fourth-order valence-corrected chi connectivity index (χ4v) is 5.39. The molecule has 2 heterocycles. The number of rotatable bonds is 8. The lowest BCUT2D eigenvalue weighted by molar-refractivity contribution is -0.132. The first-order chi connectivity index (χ1) is 20.5. The monoisotopic (exact) mass is 558 g/mol. The molecule has 1 saturated heterocycles. The second kappa shape index (κ2) is 11.7. The van der Waals surface area contributed by atoms with Crippen molar-refractivity contribution in [1.29, 1.82) is 0 Å². The molecule has 0 bridgehead atoms. The molecule has 8 nitrogen and oxygen atoms in total. The minimum atomic E-state index is -1.22. The summed E-state index contributed by atoms with van der Waals surface area (Å²) < 4.78 is 0. The third-order valence-electron chi connectivity index (χ3n) is 7.59. The number of nitrogens with one attached hydrogen (secondary N) is 2. The second-order valence-corrected chi connectivity index (χ2v) is 10.5. The van der Waals surface area contributed by atoms with Crippen molar-refractivity contribution in [1.82, 2.24) is 4.98 Å². The van der Waals surface area contributed by atoms with Gasteiger partial charge in [0.2, 0.25) is 0 Å². The van der Waals surface area contributed by atoms with Crippen LogP contribution in [0.1, 0.15) is 31.2 Å². The number of fused-ring (bicyclic) bond motifs is 1. The van der Waals surface area contributed by atoms with E-state index in [-0.39, 0.29) is 11.4 Å². The standard InChI is InChI=1S/C34H30N4O4/c39-31-29(30(32(31)40)38-18-8-1-2-9-19-38)36-28(34(41)42)20-22-14-16-25(17-15-22)35-33-26-13-7-6-12-24(26)21-27(37-33)23-10-4-3-5-11-23/h3-7,10-17,20-21,36H,1-2,8-9,18-19H2,(H,35,37)(H,41,42)/b28-20-. The fraction of sp³-hybridized carbons (Fsp3) is 0.176. The summed E-state index contributed by atoms with van der Waals surface area (Å²) in [4.78, 5) is 43.7. The van der Waals surface area contributed by atoms with Crippen LogP contribution in [0.4, 0.5) is 22.9 Å². The summed E-state index contributed by atoms with van der Waals surface area (Å²) in [5.41, 5.74) is 2.21. The molecule has 3 N–H and O–H groups in total. The van der Waals surface area contributed by atoms with Crippen LogP contribution in [0.2, 0.25) is 0 Å². The Labute approximate surface area is 242 Å². The van der Waals surface area contributed by atoms with Gasteiger partial charge in [0.05, 0.1) is 5.69 Å². The predicted octanol–water partition coefficient (Wildman–Crippen LogP) is 6.16. The molecule has 5 aromatic rings. The molecular formula is C34H30N4O4. The Morgan fingerprint density at radius 2 is 1.52 bits per heavy atom. The molecule has 1 aromatic heterocycles. The van der Waals surface area contributed by atoms with Crippen LogP contribution in [0.5, 0.6) is 0 Å². The van der Waals surface area contributed by atoms with Gasteiger partial charge in [-0.25, -0.2) is 9.78 Å². The summed E-state index contributed by atoms with van der Waals surface area (Å²) in [5.74, 6) is -0.509. The van der Waals surface area contributed by atoms with Gasteiger partial charge in [-0.15, -0.1) is 0 Å². The summed E-state index contributed by atoms with van der Waals surface area (Å²) in [7, 11) is 0. The van der Waals surface area contributed by atoms with Gasteiger partial charge >= 0.3 is 5.97 Å². The Balaban J connectivity index is 1.25. The fourth-order valence-electron chi connectivity index (χ4n) is 5.39. The van der Waals surface area contributed by atoms with E-state index in [2.05, 4.69) is 22.8 Å². The van der Waals surface area contributed by atoms with Gasteiger partial charge in [0.1, 0.15) is 22.9 Å². The molecule has 0 radical (unpaired) electrons. The van der Waals surface area contributed by atoms with Crippen LogP contribution in [0.15, 0.2) is 100 Å². The molecule has 0 amide bonds. The van der Waals surface area contributed by atoms with Crippen molar-refractivity contribution in [2.24, 2.45) is 0 Å². The van der Waals surface area contributed by atoms with Gasteiger partial charge in [0.25, 0.3) is 10.9 Å². The van der Waals surface area contributed by atoms with Crippen LogP contribution < -0.4 is 26.4 Å². The van der Waals surface area contributed by atoms with Gasteiger partial charge in [-0.05, 0) is 48.1 Å². The lowest BCUT2D eigenvalue weighted by Gasteiger charge is -2.26. The molecule has 0 unspecified atom stereocenters. The number of aliphatic carboxylic acids is 1. The SMILES string of the molecule is O=C(O)/C(=C/c1ccc(Nc2nc(-c3ccccc3)cc3ccccc23)cc1)Nc1c(N2CCCCCC2)c(=O)c1=O. The van der Waals surface area contributed by atoms with E-state index in [4.69, 9.17) is 4.98 Å². The average Bonchev–Trinajstić information content (AvgIpc) is 3.30. The molecule has 0 aliphatic carbocycles. The van der Waals surface area contributed by atoms with Crippen LogP contribution in [0.25, 0.3) is 28.1 Å². The van der Waals surface area contributed by atoms with Crippen molar-refractivity contribution in [3.63, 3.8) is 0 Å². The van der Waals surface area contributed by atoms with E-state index in [1.54, 1.807) is 12.1 Å². The van der Waals surface area contributed by atoms with E-state index in [0.29, 0.717) is 30.2 Å². The summed E-state index contributed by atoms with van der Waals surface area (Å²) in [5, 5.41) is 18.1. The number of hydrogen-bond donors (Lipinski definition) is 3. The minimum Gasteiger partial charge on any atom is -0.477 e. The van der Waals surface area contributed by atoms with Crippen molar-refractivity contribution < 1.29 is 9.90 Å². The van der Waals surface area contributed by atoms with Crippen molar-refractivity contribution in [3.05, 3.63) is 117 Å². The third kappa shape index (κ3) is 5.51. The Morgan fingerprint density at radius 1 is 0.833 bits per heavy atom. The highest BCUT2D eigenvalue weighted by atomic mass is 16.4. The quantitative estimate of drug-likeness (QED) is 0.153. The maximum Gasteiger partial charge on any atom is 0.352 e. The first-order valence-electron chi connectivity index (χ1n) is 14.1. The van der Waals surface area contributed by atoms with E-state index in [9.17, 15) is 19.5 Å². The van der Waals surface area contributed by atoms with E-state index in [1.807, 2.05) is 65.6 Å². The van der Waals surface area contributed by atoms with Crippen LogP contribution in [0, 0.1) is 0 Å². The maximum absolute atomic E-state index is 12.4. The molecule has 42 heavy (non-hydrogen) atoms. The molecule has 6 rings (SSSR count). The third-order valence-corrected chi connectivity index (χ3v) is 7.59. The summed E-state index contributed by atoms with van der Waals surface area (Å²) in [6.45, 7) is 1.36. The van der Waals surface area contributed by atoms with Gasteiger partial charge in [-0.3, -0.25) is 9.59 Å². The summed E-state index contributed by atoms with van der Waals surface area (Å²) in [6, 6.07) is 27.4. The normalized spacial score (nSPS) is 14.1. The van der Waals surface area contributed by atoms with Gasteiger partial charge in [-0.2, -0.15) is 0 Å². The Bertz CT molecular complexity index is 1850. The number of carboxylic acids is 1. The van der Waals surface area contributed by atoms with E-state index in [1.165, 1.54) is 6.08 Å². The number of anilines is 4. The highest BCUT2D eigenvalue weighted by Gasteiger charge is 2.28. The molecule has 0 spiro atoms. The Hall–Kier alpha value is -5.24. The van der Waals surface area contributed by atoms with Crippen molar-refractivity contribution in [3.8, 4) is 11.3 Å². The van der Waals surface area contributed by atoms with E-state index in [0.717, 1.165) is 53.4 Å². The Morgan fingerprint density at radius 3 is 2.24 bits per heavy atom. The number of pyridine rings is 1. The van der Waals surface area contributed by atoms with Crippen LogP contribution >= 0.6 is 0 Å². The topological polar surface area (TPSA) is 112 Å². The molecule has 4 aromatic carbocycles. The number of benzene rings is 3. The second-order valence-electron chi connectivity index (χ2n) is 10.5. The molecular weight excluding hydrogens is 528 g/mol. The van der Waals surface area contributed by atoms with Crippen LogP contribution in [-0.2, 0) is 4.79 Å². The molecule has 0 atom stereocenters. The smallest absolute Gasteiger partial charge is 0.352 e. The lowest BCUT2D eigenvalue weighted by atomic mass is 10.1. The van der Waals surface area contributed by atoms with Crippen LogP contribution in [0.3, 0.4) is 0 Å². The number of carboxylic acid groups (broad SMARTS) is 1. The lowest BCUT2D eigenvalue weighted by Crippen LogP contribution is -2.43. The number of nitrogens with zero attached hydrogens (tertiary/aromatic N) is 2. The largest absolute Gasteiger partial charge is 0.477 e. The summed E-state index contributed by atoms with van der Waals surface area (Å²) in [6.07, 6.45) is 5.47. The Kier molecular flexibility index (Phi) is 7.51. The number of carbonyl (C=O) groups is 1. The number of aromatic nitrogens is 1. The highest BCUT2D eigenvalue weighted by molar-refractivity contribution is 5.98. The molecule has 0 saturated carbocycles. The van der Waals surface area contributed by atoms with Gasteiger partial charge < -0.3 is 20.6 Å².